The van der Waals surface area contributed by atoms with Crippen LogP contribution in [0.2, 0.25) is 0 Å². The molecule has 3 heterocycles. The highest BCUT2D eigenvalue weighted by Gasteiger charge is 2.29. The van der Waals surface area contributed by atoms with Crippen molar-refractivity contribution in [2.45, 2.75) is 32.7 Å². The van der Waals surface area contributed by atoms with Crippen LogP contribution in [-0.4, -0.2) is 71.2 Å². The Kier molecular flexibility index (Phi) is 6.18. The number of carbonyl (C=O) groups excluding carboxylic acids is 2. The molecule has 0 unspecified atom stereocenters. The van der Waals surface area contributed by atoms with Crippen LogP contribution in [0.25, 0.3) is 0 Å². The zero-order valence-electron chi connectivity index (χ0n) is 17.9. The zero-order valence-corrected chi connectivity index (χ0v) is 17.9. The Hall–Kier alpha value is -2.67. The van der Waals surface area contributed by atoms with Crippen LogP contribution in [0.1, 0.15) is 33.6 Å². The standard InChI is InChI=1S/C23H31N5O2/c1-17-4-3-5-18(12-17)14-22(29)24-15-19-6-7-28-21(13-19)20(16-25-28)23(30)27-10-8-26(2)9-11-27/h3-5,12,16,19H,6-11,13-15H2,1-2H3,(H,24,29)/t19-/m0/s1. The van der Waals surface area contributed by atoms with E-state index < -0.39 is 0 Å². The topological polar surface area (TPSA) is 70.5 Å². The van der Waals surface area contributed by atoms with E-state index in [2.05, 4.69) is 28.4 Å². The summed E-state index contributed by atoms with van der Waals surface area (Å²) in [5.41, 5.74) is 3.95. The third-order valence-corrected chi connectivity index (χ3v) is 6.24. The fourth-order valence-electron chi connectivity index (χ4n) is 4.36. The molecule has 0 saturated carbocycles. The van der Waals surface area contributed by atoms with Gasteiger partial charge in [0.2, 0.25) is 5.91 Å². The van der Waals surface area contributed by atoms with Gasteiger partial charge in [-0.25, -0.2) is 0 Å². The van der Waals surface area contributed by atoms with Gasteiger partial charge in [-0.3, -0.25) is 14.3 Å². The molecule has 1 aromatic carbocycles. The van der Waals surface area contributed by atoms with Crippen molar-refractivity contribution in [1.29, 1.82) is 0 Å². The second-order valence-electron chi connectivity index (χ2n) is 8.65. The van der Waals surface area contributed by atoms with Crippen LogP contribution in [0.15, 0.2) is 30.5 Å². The number of likely N-dealkylation sites (N-methyl/N-ethyl adjacent to an activating group) is 1. The first-order valence-electron chi connectivity index (χ1n) is 10.8. The molecule has 2 aromatic rings. The minimum atomic E-state index is 0.0495. The first kappa shape index (κ1) is 20.6. The van der Waals surface area contributed by atoms with Crippen molar-refractivity contribution >= 4 is 11.8 Å². The Morgan fingerprint density at radius 3 is 2.73 bits per heavy atom. The molecule has 7 heteroatoms. The lowest BCUT2D eigenvalue weighted by Crippen LogP contribution is -2.47. The van der Waals surface area contributed by atoms with Crippen molar-refractivity contribution in [3.63, 3.8) is 0 Å². The number of nitrogens with one attached hydrogen (secondary N) is 1. The molecule has 2 aliphatic heterocycles. The molecule has 0 aliphatic carbocycles. The maximum absolute atomic E-state index is 13.0. The van der Waals surface area contributed by atoms with Gasteiger partial charge in [-0.2, -0.15) is 5.10 Å². The van der Waals surface area contributed by atoms with Crippen molar-refractivity contribution in [2.24, 2.45) is 5.92 Å². The van der Waals surface area contributed by atoms with Crippen LogP contribution in [0, 0.1) is 12.8 Å². The van der Waals surface area contributed by atoms with Crippen molar-refractivity contribution in [2.75, 3.05) is 39.8 Å². The SMILES string of the molecule is Cc1cccc(CC(=O)NC[C@H]2CCn3ncc(C(=O)N4CCN(C)CC4)c3C2)c1. The number of piperazine rings is 1. The van der Waals surface area contributed by atoms with E-state index in [1.165, 1.54) is 5.56 Å². The molecule has 2 aliphatic rings. The number of carbonyl (C=O) groups is 2. The van der Waals surface area contributed by atoms with E-state index in [1.54, 1.807) is 6.20 Å². The third-order valence-electron chi connectivity index (χ3n) is 6.24. The summed E-state index contributed by atoms with van der Waals surface area (Å²) in [6, 6.07) is 8.06. The van der Waals surface area contributed by atoms with E-state index in [1.807, 2.05) is 34.7 Å². The second kappa shape index (κ2) is 9.00. The summed E-state index contributed by atoms with van der Waals surface area (Å²) in [4.78, 5) is 29.6. The summed E-state index contributed by atoms with van der Waals surface area (Å²) in [7, 11) is 2.08. The average Bonchev–Trinajstić information content (AvgIpc) is 3.15. The number of nitrogens with zero attached hydrogens (tertiary/aromatic N) is 4. The molecule has 30 heavy (non-hydrogen) atoms. The van der Waals surface area contributed by atoms with E-state index in [-0.39, 0.29) is 11.8 Å². The number of hydrogen-bond acceptors (Lipinski definition) is 4. The van der Waals surface area contributed by atoms with Gasteiger partial charge in [-0.05, 0) is 38.3 Å². The van der Waals surface area contributed by atoms with Crippen LogP contribution in [0.5, 0.6) is 0 Å². The summed E-state index contributed by atoms with van der Waals surface area (Å²) >= 11 is 0. The predicted octanol–water partition coefficient (Wildman–Crippen LogP) is 1.50. The molecular formula is C23H31N5O2. The number of rotatable bonds is 5. The number of hydrogen-bond donors (Lipinski definition) is 1. The van der Waals surface area contributed by atoms with Gasteiger partial charge in [0.15, 0.2) is 0 Å². The van der Waals surface area contributed by atoms with Gasteiger partial charge in [0.1, 0.15) is 0 Å². The second-order valence-corrected chi connectivity index (χ2v) is 8.65. The molecule has 0 bridgehead atoms. The van der Waals surface area contributed by atoms with E-state index in [4.69, 9.17) is 0 Å². The first-order valence-corrected chi connectivity index (χ1v) is 10.8. The van der Waals surface area contributed by atoms with E-state index in [9.17, 15) is 9.59 Å². The van der Waals surface area contributed by atoms with Crippen LogP contribution in [-0.2, 0) is 24.2 Å². The minimum absolute atomic E-state index is 0.0495. The number of aromatic nitrogens is 2. The molecule has 1 N–H and O–H groups in total. The molecular weight excluding hydrogens is 378 g/mol. The molecule has 1 atom stereocenters. The molecule has 0 spiro atoms. The first-order chi connectivity index (χ1) is 14.5. The van der Waals surface area contributed by atoms with Crippen molar-refractivity contribution in [3.8, 4) is 0 Å². The Morgan fingerprint density at radius 2 is 1.97 bits per heavy atom. The molecule has 7 nitrogen and oxygen atoms in total. The van der Waals surface area contributed by atoms with E-state index in [0.717, 1.165) is 62.4 Å². The maximum Gasteiger partial charge on any atom is 0.257 e. The van der Waals surface area contributed by atoms with Crippen LogP contribution < -0.4 is 5.32 Å². The van der Waals surface area contributed by atoms with Gasteiger partial charge >= 0.3 is 0 Å². The Morgan fingerprint density at radius 1 is 1.17 bits per heavy atom. The molecule has 1 fully saturated rings. The summed E-state index contributed by atoms with van der Waals surface area (Å²) in [6.07, 6.45) is 3.87. The van der Waals surface area contributed by atoms with Crippen molar-refractivity contribution < 1.29 is 9.59 Å². The van der Waals surface area contributed by atoms with Gasteiger partial charge in [-0.1, -0.05) is 29.8 Å². The van der Waals surface area contributed by atoms with E-state index in [0.29, 0.717) is 18.9 Å². The smallest absolute Gasteiger partial charge is 0.257 e. The fraction of sp³-hybridized carbons (Fsp3) is 0.522. The molecule has 0 radical (unpaired) electrons. The number of fused-ring (bicyclic) bond motifs is 1. The largest absolute Gasteiger partial charge is 0.356 e. The molecule has 1 saturated heterocycles. The van der Waals surface area contributed by atoms with Gasteiger partial charge < -0.3 is 15.1 Å². The number of benzene rings is 1. The summed E-state index contributed by atoms with van der Waals surface area (Å²) < 4.78 is 1.97. The van der Waals surface area contributed by atoms with Gasteiger partial charge in [-0.15, -0.1) is 0 Å². The Labute approximate surface area is 178 Å². The van der Waals surface area contributed by atoms with Crippen molar-refractivity contribution in [3.05, 3.63) is 52.8 Å². The molecule has 1 aromatic heterocycles. The highest BCUT2D eigenvalue weighted by atomic mass is 16.2. The lowest BCUT2D eigenvalue weighted by Gasteiger charge is -2.32. The summed E-state index contributed by atoms with van der Waals surface area (Å²) in [6.45, 7) is 6.81. The maximum atomic E-state index is 13.0. The van der Waals surface area contributed by atoms with Crippen molar-refractivity contribution in [1.82, 2.24) is 24.9 Å². The lowest BCUT2D eigenvalue weighted by molar-refractivity contribution is -0.120. The minimum Gasteiger partial charge on any atom is -0.356 e. The van der Waals surface area contributed by atoms with Gasteiger partial charge in [0.25, 0.3) is 5.91 Å². The predicted molar refractivity (Wildman–Crippen MR) is 115 cm³/mol. The molecule has 2 amide bonds. The van der Waals surface area contributed by atoms with Crippen LogP contribution in [0.4, 0.5) is 0 Å². The Balaban J connectivity index is 1.33. The van der Waals surface area contributed by atoms with Gasteiger partial charge in [0, 0.05) is 39.3 Å². The third kappa shape index (κ3) is 4.73. The van der Waals surface area contributed by atoms with Gasteiger partial charge in [0.05, 0.1) is 23.9 Å². The van der Waals surface area contributed by atoms with Crippen LogP contribution >= 0.6 is 0 Å². The molecule has 4 rings (SSSR count). The molecule has 160 valence electrons. The quantitative estimate of drug-likeness (QED) is 0.813. The highest BCUT2D eigenvalue weighted by Crippen LogP contribution is 2.24. The zero-order chi connectivity index (χ0) is 21.1. The number of amides is 2. The summed E-state index contributed by atoms with van der Waals surface area (Å²) in [5.74, 6) is 0.469. The van der Waals surface area contributed by atoms with E-state index >= 15 is 0 Å². The monoisotopic (exact) mass is 409 g/mol. The summed E-state index contributed by atoms with van der Waals surface area (Å²) in [5, 5.41) is 7.54. The van der Waals surface area contributed by atoms with Crippen LogP contribution in [0.3, 0.4) is 0 Å². The highest BCUT2D eigenvalue weighted by molar-refractivity contribution is 5.95. The number of aryl methyl sites for hydroxylation is 2. The average molecular weight is 410 g/mol. The Bertz CT molecular complexity index is 914. The fourth-order valence-corrected chi connectivity index (χ4v) is 4.36. The lowest BCUT2D eigenvalue weighted by atomic mass is 9.94. The normalized spacial score (nSPS) is 19.4.